The molecule has 0 fully saturated rings. The summed E-state index contributed by atoms with van der Waals surface area (Å²) in [5, 5.41) is 0. The molecule has 0 atom stereocenters. The summed E-state index contributed by atoms with van der Waals surface area (Å²) in [5.41, 5.74) is 6.61. The number of halogens is 2. The van der Waals surface area contributed by atoms with Crippen LogP contribution in [-0.2, 0) is 6.42 Å². The highest BCUT2D eigenvalue weighted by molar-refractivity contribution is 9.10. The number of anilines is 1. The van der Waals surface area contributed by atoms with Gasteiger partial charge < -0.3 is 5.73 Å². The van der Waals surface area contributed by atoms with Crippen molar-refractivity contribution < 1.29 is 4.39 Å². The first kappa shape index (κ1) is 8.53. The Morgan fingerprint density at radius 2 is 2.18 bits per heavy atom. The fourth-order valence-corrected chi connectivity index (χ4v) is 1.48. The van der Waals surface area contributed by atoms with Gasteiger partial charge >= 0.3 is 0 Å². The summed E-state index contributed by atoms with van der Waals surface area (Å²) in [4.78, 5) is 0. The van der Waals surface area contributed by atoms with Crippen LogP contribution in [0.1, 0.15) is 12.5 Å². The number of nitrogens with two attached hydrogens (primary N) is 1. The third-order valence-corrected chi connectivity index (χ3v) is 2.28. The summed E-state index contributed by atoms with van der Waals surface area (Å²) in [5.74, 6) is -0.367. The molecule has 0 spiro atoms. The second kappa shape index (κ2) is 3.22. The summed E-state index contributed by atoms with van der Waals surface area (Å²) in [7, 11) is 0. The molecule has 11 heavy (non-hydrogen) atoms. The zero-order valence-corrected chi connectivity index (χ0v) is 7.78. The minimum Gasteiger partial charge on any atom is -0.396 e. The summed E-state index contributed by atoms with van der Waals surface area (Å²) in [6.07, 6.45) is 0.852. The molecule has 0 radical (unpaired) electrons. The molecule has 1 aromatic rings. The van der Waals surface area contributed by atoms with E-state index in [0.29, 0.717) is 0 Å². The van der Waals surface area contributed by atoms with Gasteiger partial charge in [0.2, 0.25) is 0 Å². The standard InChI is InChI=1S/C8H9BrFN/c1-2-5-3-8(11)7(10)4-6(5)9/h3-4H,2,11H2,1H3. The molecular formula is C8H9BrFN. The Hall–Kier alpha value is -0.570. The summed E-state index contributed by atoms with van der Waals surface area (Å²) >= 11 is 3.25. The fraction of sp³-hybridized carbons (Fsp3) is 0.250. The van der Waals surface area contributed by atoms with E-state index in [0.717, 1.165) is 16.5 Å². The maximum atomic E-state index is 12.7. The van der Waals surface area contributed by atoms with Crippen LogP contribution in [0.3, 0.4) is 0 Å². The van der Waals surface area contributed by atoms with Crippen LogP contribution in [0.2, 0.25) is 0 Å². The average molecular weight is 218 g/mol. The van der Waals surface area contributed by atoms with E-state index in [4.69, 9.17) is 5.73 Å². The molecule has 0 heterocycles. The smallest absolute Gasteiger partial charge is 0.147 e. The molecule has 0 aliphatic rings. The van der Waals surface area contributed by atoms with Crippen molar-refractivity contribution in [3.8, 4) is 0 Å². The predicted molar refractivity (Wildman–Crippen MR) is 47.9 cm³/mol. The van der Waals surface area contributed by atoms with Gasteiger partial charge in [0.15, 0.2) is 0 Å². The first-order valence-electron chi connectivity index (χ1n) is 3.38. The number of aryl methyl sites for hydroxylation is 1. The molecule has 3 heteroatoms. The molecule has 0 saturated carbocycles. The summed E-state index contributed by atoms with van der Waals surface area (Å²) < 4.78 is 13.5. The topological polar surface area (TPSA) is 26.0 Å². The van der Waals surface area contributed by atoms with E-state index in [1.807, 2.05) is 6.92 Å². The zero-order chi connectivity index (χ0) is 8.43. The molecule has 0 unspecified atom stereocenters. The van der Waals surface area contributed by atoms with Crippen LogP contribution in [0, 0.1) is 5.82 Å². The second-order valence-electron chi connectivity index (χ2n) is 2.32. The Labute approximate surface area is 73.5 Å². The lowest BCUT2D eigenvalue weighted by molar-refractivity contribution is 0.631. The first-order chi connectivity index (χ1) is 5.15. The Morgan fingerprint density at radius 3 is 2.73 bits per heavy atom. The lowest BCUT2D eigenvalue weighted by Gasteiger charge is -2.02. The molecule has 1 nitrogen and oxygen atoms in total. The van der Waals surface area contributed by atoms with Crippen molar-refractivity contribution in [3.63, 3.8) is 0 Å². The highest BCUT2D eigenvalue weighted by Crippen LogP contribution is 2.22. The van der Waals surface area contributed by atoms with Crippen molar-refractivity contribution in [1.82, 2.24) is 0 Å². The van der Waals surface area contributed by atoms with E-state index in [2.05, 4.69) is 15.9 Å². The number of hydrogen-bond donors (Lipinski definition) is 1. The fourth-order valence-electron chi connectivity index (χ4n) is 0.884. The second-order valence-corrected chi connectivity index (χ2v) is 3.17. The maximum Gasteiger partial charge on any atom is 0.147 e. The van der Waals surface area contributed by atoms with Gasteiger partial charge in [0.05, 0.1) is 5.69 Å². The Bertz CT molecular complexity index is 273. The van der Waals surface area contributed by atoms with Crippen LogP contribution < -0.4 is 5.73 Å². The van der Waals surface area contributed by atoms with Crippen LogP contribution >= 0.6 is 15.9 Å². The molecule has 60 valence electrons. The summed E-state index contributed by atoms with van der Waals surface area (Å²) in [6, 6.07) is 3.05. The van der Waals surface area contributed by atoms with E-state index in [1.165, 1.54) is 6.07 Å². The molecule has 2 N–H and O–H groups in total. The van der Waals surface area contributed by atoms with Crippen molar-refractivity contribution in [3.05, 3.63) is 28.0 Å². The average Bonchev–Trinajstić information content (AvgIpc) is 1.97. The van der Waals surface area contributed by atoms with E-state index in [-0.39, 0.29) is 11.5 Å². The lowest BCUT2D eigenvalue weighted by atomic mass is 10.1. The molecule has 0 amide bonds. The van der Waals surface area contributed by atoms with Crippen LogP contribution in [-0.4, -0.2) is 0 Å². The third kappa shape index (κ3) is 1.71. The van der Waals surface area contributed by atoms with Gasteiger partial charge in [-0.1, -0.05) is 22.9 Å². The number of nitrogen functional groups attached to an aromatic ring is 1. The van der Waals surface area contributed by atoms with E-state index in [1.54, 1.807) is 6.07 Å². The SMILES string of the molecule is CCc1cc(N)c(F)cc1Br. The van der Waals surface area contributed by atoms with Crippen LogP contribution in [0.5, 0.6) is 0 Å². The normalized spacial score (nSPS) is 10.1. The molecule has 0 aromatic heterocycles. The highest BCUT2D eigenvalue weighted by Gasteiger charge is 2.03. The number of benzene rings is 1. The van der Waals surface area contributed by atoms with Gasteiger partial charge in [-0.25, -0.2) is 4.39 Å². The third-order valence-electron chi connectivity index (χ3n) is 1.55. The van der Waals surface area contributed by atoms with Crippen molar-refractivity contribution >= 4 is 21.6 Å². The highest BCUT2D eigenvalue weighted by atomic mass is 79.9. The van der Waals surface area contributed by atoms with Gasteiger partial charge in [-0.15, -0.1) is 0 Å². The molecule has 0 saturated heterocycles. The minimum atomic E-state index is -0.367. The minimum absolute atomic E-state index is 0.213. The van der Waals surface area contributed by atoms with Gasteiger partial charge in [-0.2, -0.15) is 0 Å². The maximum absolute atomic E-state index is 12.7. The van der Waals surface area contributed by atoms with Gasteiger partial charge in [0, 0.05) is 4.47 Å². The molecule has 0 aliphatic heterocycles. The predicted octanol–water partition coefficient (Wildman–Crippen LogP) is 2.73. The van der Waals surface area contributed by atoms with E-state index in [9.17, 15) is 4.39 Å². The largest absolute Gasteiger partial charge is 0.396 e. The quantitative estimate of drug-likeness (QED) is 0.720. The first-order valence-corrected chi connectivity index (χ1v) is 4.17. The van der Waals surface area contributed by atoms with Crippen LogP contribution in [0.4, 0.5) is 10.1 Å². The molecule has 0 bridgehead atoms. The Morgan fingerprint density at radius 1 is 1.55 bits per heavy atom. The monoisotopic (exact) mass is 217 g/mol. The lowest BCUT2D eigenvalue weighted by Crippen LogP contribution is -1.93. The van der Waals surface area contributed by atoms with Crippen molar-refractivity contribution in [2.45, 2.75) is 13.3 Å². The van der Waals surface area contributed by atoms with E-state index < -0.39 is 0 Å². The Balaban J connectivity index is 3.21. The van der Waals surface area contributed by atoms with Crippen molar-refractivity contribution in [2.24, 2.45) is 0 Å². The van der Waals surface area contributed by atoms with E-state index >= 15 is 0 Å². The van der Waals surface area contributed by atoms with Crippen molar-refractivity contribution in [2.75, 3.05) is 5.73 Å². The molecule has 0 aliphatic carbocycles. The summed E-state index contributed by atoms with van der Waals surface area (Å²) in [6.45, 7) is 2.00. The number of hydrogen-bond acceptors (Lipinski definition) is 1. The zero-order valence-electron chi connectivity index (χ0n) is 6.20. The number of rotatable bonds is 1. The van der Waals surface area contributed by atoms with Gasteiger partial charge in [0.1, 0.15) is 5.82 Å². The van der Waals surface area contributed by atoms with Crippen LogP contribution in [0.25, 0.3) is 0 Å². The van der Waals surface area contributed by atoms with Crippen molar-refractivity contribution in [1.29, 1.82) is 0 Å². The van der Waals surface area contributed by atoms with Gasteiger partial charge in [-0.3, -0.25) is 0 Å². The Kier molecular flexibility index (Phi) is 2.49. The molecule has 1 rings (SSSR count). The molecule has 1 aromatic carbocycles. The van der Waals surface area contributed by atoms with Gasteiger partial charge in [-0.05, 0) is 24.1 Å². The molecular weight excluding hydrogens is 209 g/mol. The van der Waals surface area contributed by atoms with Crippen LogP contribution in [0.15, 0.2) is 16.6 Å². The van der Waals surface area contributed by atoms with Gasteiger partial charge in [0.25, 0.3) is 0 Å².